The van der Waals surface area contributed by atoms with Gasteiger partial charge in [-0.1, -0.05) is 23.2 Å². The number of aromatic nitrogens is 1. The summed E-state index contributed by atoms with van der Waals surface area (Å²) in [7, 11) is 1.58. The molecule has 0 spiro atoms. The Hall–Kier alpha value is -2.00. The van der Waals surface area contributed by atoms with Gasteiger partial charge in [0.15, 0.2) is 0 Å². The van der Waals surface area contributed by atoms with Crippen LogP contribution < -0.4 is 9.64 Å². The number of rotatable bonds is 6. The van der Waals surface area contributed by atoms with Gasteiger partial charge in [0, 0.05) is 11.0 Å². The van der Waals surface area contributed by atoms with E-state index in [1.165, 1.54) is 23.1 Å². The fourth-order valence-corrected chi connectivity index (χ4v) is 5.85. The van der Waals surface area contributed by atoms with Gasteiger partial charge in [0.05, 0.1) is 52.4 Å². The quantitative estimate of drug-likeness (QED) is 0.415. The Balaban J connectivity index is 1.70. The molecule has 6 nitrogen and oxygen atoms in total. The number of benzene rings is 2. The number of methoxy groups -OCH3 is 1. The molecule has 0 radical (unpaired) electrons. The van der Waals surface area contributed by atoms with E-state index in [1.54, 1.807) is 25.0 Å². The molecular formula is C21H18Cl2N2O4S2. The third-order valence-corrected chi connectivity index (χ3v) is 7.77. The van der Waals surface area contributed by atoms with Gasteiger partial charge in [0.2, 0.25) is 5.91 Å². The molecule has 0 fully saturated rings. The lowest BCUT2D eigenvalue weighted by molar-refractivity contribution is -0.144. The zero-order valence-electron chi connectivity index (χ0n) is 16.7. The van der Waals surface area contributed by atoms with E-state index in [0.29, 0.717) is 26.3 Å². The van der Waals surface area contributed by atoms with Gasteiger partial charge in [0.25, 0.3) is 0 Å². The lowest BCUT2D eigenvalue weighted by Gasteiger charge is -2.33. The van der Waals surface area contributed by atoms with E-state index < -0.39 is 11.2 Å². The van der Waals surface area contributed by atoms with Gasteiger partial charge in [-0.05, 0) is 31.2 Å². The first-order chi connectivity index (χ1) is 14.9. The first-order valence-electron chi connectivity index (χ1n) is 9.46. The molecule has 0 saturated carbocycles. The molecule has 162 valence electrons. The third-order valence-electron chi connectivity index (χ3n) is 4.71. The zero-order chi connectivity index (χ0) is 22.1. The molecule has 0 saturated heterocycles. The van der Waals surface area contributed by atoms with Gasteiger partial charge < -0.3 is 14.4 Å². The van der Waals surface area contributed by atoms with Crippen LogP contribution in [0, 0.1) is 0 Å². The number of carbonyl (C=O) groups is 2. The van der Waals surface area contributed by atoms with Crippen molar-refractivity contribution >= 4 is 74.1 Å². The smallest absolute Gasteiger partial charge is 0.307 e. The lowest BCUT2D eigenvalue weighted by Crippen LogP contribution is -2.41. The number of halogens is 2. The van der Waals surface area contributed by atoms with Crippen molar-refractivity contribution in [2.45, 2.75) is 30.0 Å². The highest BCUT2D eigenvalue weighted by molar-refractivity contribution is 8.01. The summed E-state index contributed by atoms with van der Waals surface area (Å²) >= 11 is 15.2. The number of thioether (sulfide) groups is 1. The maximum Gasteiger partial charge on any atom is 0.307 e. The molecule has 0 N–H and O–H groups in total. The van der Waals surface area contributed by atoms with Crippen LogP contribution in [0.5, 0.6) is 5.75 Å². The average molecular weight is 497 g/mol. The predicted octanol–water partition coefficient (Wildman–Crippen LogP) is 5.57. The third kappa shape index (κ3) is 4.48. The fourth-order valence-electron chi connectivity index (χ4n) is 3.28. The predicted molar refractivity (Wildman–Crippen MR) is 125 cm³/mol. The Kier molecular flexibility index (Phi) is 6.62. The molecule has 3 aromatic rings. The number of fused-ring (bicyclic) bond motifs is 2. The average Bonchev–Trinajstić information content (AvgIpc) is 3.17. The normalized spacial score (nSPS) is 15.8. The standard InChI is InChI=1S/C21H18Cl2N2O4S2/c1-3-29-18(26)9-16-21(27)25(13-8-11(28-2)4-6-14(13)30-16)10-17-24-20-15(31-17)7-5-12(22)19(20)23/h4-8,16H,3,9-10H2,1-2H3. The highest BCUT2D eigenvalue weighted by Crippen LogP contribution is 2.43. The van der Waals surface area contributed by atoms with E-state index >= 15 is 0 Å². The molecule has 1 aromatic heterocycles. The highest BCUT2D eigenvalue weighted by Gasteiger charge is 2.36. The number of hydrogen-bond donors (Lipinski definition) is 0. The molecular weight excluding hydrogens is 479 g/mol. The van der Waals surface area contributed by atoms with E-state index in [1.807, 2.05) is 24.3 Å². The minimum absolute atomic E-state index is 0.000585. The molecule has 10 heteroatoms. The van der Waals surface area contributed by atoms with Crippen LogP contribution in [-0.2, 0) is 20.9 Å². The van der Waals surface area contributed by atoms with Crippen LogP contribution >= 0.6 is 46.3 Å². The summed E-state index contributed by atoms with van der Waals surface area (Å²) in [5.41, 5.74) is 1.33. The van der Waals surface area contributed by atoms with Gasteiger partial charge in [-0.3, -0.25) is 9.59 Å². The minimum Gasteiger partial charge on any atom is -0.497 e. The van der Waals surface area contributed by atoms with Gasteiger partial charge in [-0.15, -0.1) is 23.1 Å². The molecule has 1 atom stereocenters. The van der Waals surface area contributed by atoms with Crippen LogP contribution in [-0.4, -0.2) is 35.8 Å². The van der Waals surface area contributed by atoms with Gasteiger partial charge >= 0.3 is 5.97 Å². The summed E-state index contributed by atoms with van der Waals surface area (Å²) in [5.74, 6) is 0.0639. The number of anilines is 1. The fraction of sp³-hybridized carbons (Fsp3) is 0.286. The second kappa shape index (κ2) is 9.24. The Bertz CT molecular complexity index is 1170. The van der Waals surface area contributed by atoms with Crippen molar-refractivity contribution in [3.05, 3.63) is 45.4 Å². The zero-order valence-corrected chi connectivity index (χ0v) is 19.8. The molecule has 4 rings (SSSR count). The summed E-state index contributed by atoms with van der Waals surface area (Å²) in [5, 5.41) is 0.959. The van der Waals surface area contributed by atoms with Crippen molar-refractivity contribution in [3.63, 3.8) is 0 Å². The monoisotopic (exact) mass is 496 g/mol. The Morgan fingerprint density at radius 1 is 1.26 bits per heavy atom. The molecule has 1 aliphatic rings. The Labute approximate surface area is 197 Å². The van der Waals surface area contributed by atoms with Crippen molar-refractivity contribution in [1.82, 2.24) is 4.98 Å². The van der Waals surface area contributed by atoms with Crippen LogP contribution in [0.15, 0.2) is 35.2 Å². The van der Waals surface area contributed by atoms with Crippen molar-refractivity contribution in [2.75, 3.05) is 18.6 Å². The van der Waals surface area contributed by atoms with Gasteiger partial charge in [-0.25, -0.2) is 4.98 Å². The van der Waals surface area contributed by atoms with E-state index in [-0.39, 0.29) is 25.5 Å². The maximum atomic E-state index is 13.4. The molecule has 0 aliphatic carbocycles. The van der Waals surface area contributed by atoms with Crippen molar-refractivity contribution in [2.24, 2.45) is 0 Å². The van der Waals surface area contributed by atoms with Crippen LogP contribution in [0.3, 0.4) is 0 Å². The lowest BCUT2D eigenvalue weighted by atomic mass is 10.2. The molecule has 1 amide bonds. The summed E-state index contributed by atoms with van der Waals surface area (Å²) in [6.45, 7) is 2.26. The number of hydrogen-bond acceptors (Lipinski definition) is 7. The van der Waals surface area contributed by atoms with Gasteiger partial charge in [-0.2, -0.15) is 0 Å². The second-order valence-electron chi connectivity index (χ2n) is 6.69. The first-order valence-corrected chi connectivity index (χ1v) is 11.9. The Morgan fingerprint density at radius 3 is 2.81 bits per heavy atom. The van der Waals surface area contributed by atoms with E-state index in [9.17, 15) is 9.59 Å². The molecule has 31 heavy (non-hydrogen) atoms. The summed E-state index contributed by atoms with van der Waals surface area (Å²) in [6.07, 6.45) is 0.000585. The van der Waals surface area contributed by atoms with Crippen LogP contribution in [0.4, 0.5) is 5.69 Å². The van der Waals surface area contributed by atoms with Crippen LogP contribution in [0.25, 0.3) is 10.2 Å². The SMILES string of the molecule is CCOC(=O)CC1Sc2ccc(OC)cc2N(Cc2nc3c(Cl)c(Cl)ccc3s2)C1=O. The van der Waals surface area contributed by atoms with Crippen LogP contribution in [0.1, 0.15) is 18.4 Å². The minimum atomic E-state index is -0.577. The summed E-state index contributed by atoms with van der Waals surface area (Å²) in [4.78, 5) is 32.6. The number of esters is 1. The Morgan fingerprint density at radius 2 is 2.06 bits per heavy atom. The number of amides is 1. The molecule has 1 aliphatic heterocycles. The van der Waals surface area contributed by atoms with Crippen molar-refractivity contribution < 1.29 is 19.1 Å². The number of carbonyl (C=O) groups excluding carboxylic acids is 2. The second-order valence-corrected chi connectivity index (χ2v) is 9.83. The molecule has 2 aromatic carbocycles. The van der Waals surface area contributed by atoms with E-state index in [0.717, 1.165) is 15.3 Å². The summed E-state index contributed by atoms with van der Waals surface area (Å²) < 4.78 is 11.3. The summed E-state index contributed by atoms with van der Waals surface area (Å²) in [6, 6.07) is 9.13. The van der Waals surface area contributed by atoms with Crippen LogP contribution in [0.2, 0.25) is 10.0 Å². The number of ether oxygens (including phenoxy) is 2. The molecule has 2 heterocycles. The first kappa shape index (κ1) is 22.2. The van der Waals surface area contributed by atoms with E-state index in [4.69, 9.17) is 32.7 Å². The molecule has 1 unspecified atom stereocenters. The number of thiazole rings is 1. The maximum absolute atomic E-state index is 13.4. The number of nitrogens with zero attached hydrogens (tertiary/aromatic N) is 2. The van der Waals surface area contributed by atoms with Crippen molar-refractivity contribution in [1.29, 1.82) is 0 Å². The largest absolute Gasteiger partial charge is 0.497 e. The topological polar surface area (TPSA) is 68.7 Å². The highest BCUT2D eigenvalue weighted by atomic mass is 35.5. The van der Waals surface area contributed by atoms with Crippen molar-refractivity contribution in [3.8, 4) is 5.75 Å². The molecule has 0 bridgehead atoms. The van der Waals surface area contributed by atoms with Gasteiger partial charge in [0.1, 0.15) is 16.3 Å². The van der Waals surface area contributed by atoms with E-state index in [2.05, 4.69) is 4.98 Å².